The molecule has 2 rings (SSSR count). The number of nitrogens with zero attached hydrogens (tertiary/aromatic N) is 2. The smallest absolute Gasteiger partial charge is 0.253 e. The third kappa shape index (κ3) is 3.57. The first kappa shape index (κ1) is 14.1. The van der Waals surface area contributed by atoms with Crippen molar-refractivity contribution in [2.24, 2.45) is 0 Å². The summed E-state index contributed by atoms with van der Waals surface area (Å²) in [4.78, 5) is 17.7. The van der Waals surface area contributed by atoms with Gasteiger partial charge in [-0.3, -0.25) is 9.78 Å². The molecule has 1 amide bonds. The number of benzene rings is 1. The summed E-state index contributed by atoms with van der Waals surface area (Å²) in [6.45, 7) is 2.65. The van der Waals surface area contributed by atoms with Crippen LogP contribution in [0.1, 0.15) is 21.6 Å². The molecule has 0 saturated carbocycles. The fourth-order valence-electron chi connectivity index (χ4n) is 1.83. The standard InChI is InChI=1S/C16H19N3O/c1-12-7-8-13(10-17-12)11-18-15-6-4-5-14(9-15)16(20)19(2)3/h4-10,18H,11H2,1-3H3. The zero-order valence-corrected chi connectivity index (χ0v) is 12.1. The van der Waals surface area contributed by atoms with E-state index in [1.807, 2.05) is 49.5 Å². The first-order chi connectivity index (χ1) is 9.56. The monoisotopic (exact) mass is 269 g/mol. The summed E-state index contributed by atoms with van der Waals surface area (Å²) in [5.41, 5.74) is 3.73. The van der Waals surface area contributed by atoms with Gasteiger partial charge in [0.15, 0.2) is 0 Å². The second kappa shape index (κ2) is 6.19. The molecule has 0 saturated heterocycles. The number of anilines is 1. The van der Waals surface area contributed by atoms with E-state index in [0.717, 1.165) is 16.9 Å². The van der Waals surface area contributed by atoms with Gasteiger partial charge in [0, 0.05) is 43.8 Å². The Morgan fingerprint density at radius 1 is 1.25 bits per heavy atom. The van der Waals surface area contributed by atoms with Crippen LogP contribution >= 0.6 is 0 Å². The van der Waals surface area contributed by atoms with Crippen molar-refractivity contribution in [1.29, 1.82) is 0 Å². The lowest BCUT2D eigenvalue weighted by Crippen LogP contribution is -2.21. The fraction of sp³-hybridized carbons (Fsp3) is 0.250. The van der Waals surface area contributed by atoms with Crippen LogP contribution in [0.3, 0.4) is 0 Å². The molecule has 0 atom stereocenters. The van der Waals surface area contributed by atoms with Crippen molar-refractivity contribution in [3.63, 3.8) is 0 Å². The number of aryl methyl sites for hydroxylation is 1. The highest BCUT2D eigenvalue weighted by atomic mass is 16.2. The van der Waals surface area contributed by atoms with Crippen molar-refractivity contribution in [3.8, 4) is 0 Å². The van der Waals surface area contributed by atoms with Crippen molar-refractivity contribution in [1.82, 2.24) is 9.88 Å². The number of carbonyl (C=O) groups excluding carboxylic acids is 1. The Kier molecular flexibility index (Phi) is 4.35. The first-order valence-corrected chi connectivity index (χ1v) is 6.53. The van der Waals surface area contributed by atoms with E-state index in [1.165, 1.54) is 0 Å². The Morgan fingerprint density at radius 3 is 2.70 bits per heavy atom. The average molecular weight is 269 g/mol. The zero-order chi connectivity index (χ0) is 14.5. The third-order valence-electron chi connectivity index (χ3n) is 2.98. The summed E-state index contributed by atoms with van der Waals surface area (Å²) in [5, 5.41) is 3.30. The molecule has 0 unspecified atom stereocenters. The molecule has 1 heterocycles. The van der Waals surface area contributed by atoms with Gasteiger partial charge in [-0.25, -0.2) is 0 Å². The number of hydrogen-bond acceptors (Lipinski definition) is 3. The van der Waals surface area contributed by atoms with Gasteiger partial charge in [-0.15, -0.1) is 0 Å². The molecule has 1 aromatic heterocycles. The Hall–Kier alpha value is -2.36. The van der Waals surface area contributed by atoms with E-state index in [9.17, 15) is 4.79 Å². The fourth-order valence-corrected chi connectivity index (χ4v) is 1.83. The SMILES string of the molecule is Cc1ccc(CNc2cccc(C(=O)N(C)C)c2)cn1. The van der Waals surface area contributed by atoms with Crippen molar-refractivity contribution in [2.75, 3.05) is 19.4 Å². The minimum Gasteiger partial charge on any atom is -0.381 e. The van der Waals surface area contributed by atoms with Gasteiger partial charge in [-0.1, -0.05) is 12.1 Å². The third-order valence-corrected chi connectivity index (χ3v) is 2.98. The lowest BCUT2D eigenvalue weighted by Gasteiger charge is -2.12. The highest BCUT2D eigenvalue weighted by Crippen LogP contribution is 2.13. The van der Waals surface area contributed by atoms with Crippen LogP contribution in [0.15, 0.2) is 42.6 Å². The van der Waals surface area contributed by atoms with Gasteiger partial charge in [0.1, 0.15) is 0 Å². The van der Waals surface area contributed by atoms with Gasteiger partial charge in [0.2, 0.25) is 0 Å². The predicted octanol–water partition coefficient (Wildman–Crippen LogP) is 2.70. The second-order valence-electron chi connectivity index (χ2n) is 4.94. The molecule has 0 aliphatic carbocycles. The number of aromatic nitrogens is 1. The molecule has 0 aliphatic rings. The van der Waals surface area contributed by atoms with Gasteiger partial charge in [-0.2, -0.15) is 0 Å². The van der Waals surface area contributed by atoms with Crippen LogP contribution in [0.2, 0.25) is 0 Å². The minimum atomic E-state index is 0.00523. The van der Waals surface area contributed by atoms with E-state index < -0.39 is 0 Å². The van der Waals surface area contributed by atoms with Crippen molar-refractivity contribution < 1.29 is 4.79 Å². The Bertz CT molecular complexity index is 591. The van der Waals surface area contributed by atoms with Crippen LogP contribution in [0.4, 0.5) is 5.69 Å². The average Bonchev–Trinajstić information content (AvgIpc) is 2.46. The van der Waals surface area contributed by atoms with Crippen LogP contribution in [0.25, 0.3) is 0 Å². The number of pyridine rings is 1. The topological polar surface area (TPSA) is 45.2 Å². The highest BCUT2D eigenvalue weighted by molar-refractivity contribution is 5.94. The molecule has 0 bridgehead atoms. The van der Waals surface area contributed by atoms with Crippen molar-refractivity contribution >= 4 is 11.6 Å². The molecule has 0 spiro atoms. The van der Waals surface area contributed by atoms with E-state index in [1.54, 1.807) is 19.0 Å². The molecule has 0 aliphatic heterocycles. The molecule has 20 heavy (non-hydrogen) atoms. The number of rotatable bonds is 4. The first-order valence-electron chi connectivity index (χ1n) is 6.53. The van der Waals surface area contributed by atoms with E-state index in [-0.39, 0.29) is 5.91 Å². The number of carbonyl (C=O) groups is 1. The van der Waals surface area contributed by atoms with E-state index >= 15 is 0 Å². The largest absolute Gasteiger partial charge is 0.381 e. The number of nitrogens with one attached hydrogen (secondary N) is 1. The van der Waals surface area contributed by atoms with Gasteiger partial charge in [0.25, 0.3) is 5.91 Å². The predicted molar refractivity (Wildman–Crippen MR) is 80.8 cm³/mol. The van der Waals surface area contributed by atoms with Crippen LogP contribution in [0, 0.1) is 6.92 Å². The molecule has 104 valence electrons. The molecule has 4 heteroatoms. The molecule has 0 radical (unpaired) electrons. The summed E-state index contributed by atoms with van der Waals surface area (Å²) >= 11 is 0. The normalized spacial score (nSPS) is 10.2. The maximum atomic E-state index is 11.9. The van der Waals surface area contributed by atoms with Crippen molar-refractivity contribution in [3.05, 3.63) is 59.4 Å². The molecular formula is C16H19N3O. The van der Waals surface area contributed by atoms with E-state index in [4.69, 9.17) is 0 Å². The summed E-state index contributed by atoms with van der Waals surface area (Å²) in [6.07, 6.45) is 1.86. The molecular weight excluding hydrogens is 250 g/mol. The quantitative estimate of drug-likeness (QED) is 0.928. The molecule has 1 N–H and O–H groups in total. The maximum Gasteiger partial charge on any atom is 0.253 e. The van der Waals surface area contributed by atoms with Gasteiger partial charge < -0.3 is 10.2 Å². The summed E-state index contributed by atoms with van der Waals surface area (Å²) in [5.74, 6) is 0.00523. The Balaban J connectivity index is 2.05. The van der Waals surface area contributed by atoms with Crippen LogP contribution in [-0.4, -0.2) is 29.9 Å². The number of amides is 1. The molecule has 1 aromatic carbocycles. The summed E-state index contributed by atoms with van der Waals surface area (Å²) in [6, 6.07) is 11.6. The molecule has 4 nitrogen and oxygen atoms in total. The minimum absolute atomic E-state index is 0.00523. The van der Waals surface area contributed by atoms with E-state index in [0.29, 0.717) is 12.1 Å². The number of hydrogen-bond donors (Lipinski definition) is 1. The van der Waals surface area contributed by atoms with Crippen LogP contribution in [0.5, 0.6) is 0 Å². The van der Waals surface area contributed by atoms with Crippen LogP contribution < -0.4 is 5.32 Å². The van der Waals surface area contributed by atoms with E-state index in [2.05, 4.69) is 10.3 Å². The zero-order valence-electron chi connectivity index (χ0n) is 12.1. The maximum absolute atomic E-state index is 11.9. The van der Waals surface area contributed by atoms with Crippen LogP contribution in [-0.2, 0) is 6.54 Å². The molecule has 2 aromatic rings. The van der Waals surface area contributed by atoms with Gasteiger partial charge in [0.05, 0.1) is 0 Å². The Morgan fingerprint density at radius 2 is 2.05 bits per heavy atom. The Labute approximate surface area is 119 Å². The second-order valence-corrected chi connectivity index (χ2v) is 4.94. The highest BCUT2D eigenvalue weighted by Gasteiger charge is 2.07. The molecule has 0 fully saturated rings. The van der Waals surface area contributed by atoms with Gasteiger partial charge >= 0.3 is 0 Å². The lowest BCUT2D eigenvalue weighted by atomic mass is 10.1. The summed E-state index contributed by atoms with van der Waals surface area (Å²) < 4.78 is 0. The summed E-state index contributed by atoms with van der Waals surface area (Å²) in [7, 11) is 3.50. The van der Waals surface area contributed by atoms with Gasteiger partial charge in [-0.05, 0) is 36.8 Å². The lowest BCUT2D eigenvalue weighted by molar-refractivity contribution is 0.0827. The van der Waals surface area contributed by atoms with Crippen molar-refractivity contribution in [2.45, 2.75) is 13.5 Å².